The van der Waals surface area contributed by atoms with Gasteiger partial charge in [-0.25, -0.2) is 4.79 Å². The summed E-state index contributed by atoms with van der Waals surface area (Å²) in [5, 5.41) is 15.0. The SMILES string of the molecule is Cc1cccc(NC(=O)N2CCCC2C(=O)Nc2nnc(-c3ccc4c(c3)OCO4)s2)c1. The Labute approximate surface area is 188 Å². The van der Waals surface area contributed by atoms with Crippen LogP contribution in [0.5, 0.6) is 11.5 Å². The first-order valence-corrected chi connectivity index (χ1v) is 11.1. The standard InChI is InChI=1S/C22H21N5O4S/c1-13-4-2-5-15(10-13)23-22(29)27-9-3-6-16(27)19(28)24-21-26-25-20(32-21)14-7-8-17-18(11-14)31-12-30-17/h2,4-5,7-8,10-11,16H,3,6,9,12H2,1H3,(H,23,29)(H,24,26,28). The zero-order chi connectivity index (χ0) is 22.1. The van der Waals surface area contributed by atoms with E-state index in [1.54, 1.807) is 4.90 Å². The highest BCUT2D eigenvalue weighted by atomic mass is 32.1. The van der Waals surface area contributed by atoms with Gasteiger partial charge < -0.3 is 19.7 Å². The van der Waals surface area contributed by atoms with Gasteiger partial charge in [-0.1, -0.05) is 23.5 Å². The number of amides is 3. The number of hydrogen-bond donors (Lipinski definition) is 2. The van der Waals surface area contributed by atoms with Gasteiger partial charge >= 0.3 is 6.03 Å². The average molecular weight is 452 g/mol. The van der Waals surface area contributed by atoms with Gasteiger partial charge in [-0.05, 0) is 55.7 Å². The predicted molar refractivity (Wildman–Crippen MR) is 120 cm³/mol. The summed E-state index contributed by atoms with van der Waals surface area (Å²) in [6.07, 6.45) is 1.36. The van der Waals surface area contributed by atoms with Gasteiger partial charge in [0.15, 0.2) is 11.5 Å². The smallest absolute Gasteiger partial charge is 0.322 e. The molecule has 3 heterocycles. The number of benzene rings is 2. The Morgan fingerprint density at radius 2 is 1.97 bits per heavy atom. The van der Waals surface area contributed by atoms with Crippen LogP contribution in [0.3, 0.4) is 0 Å². The van der Waals surface area contributed by atoms with E-state index < -0.39 is 6.04 Å². The molecule has 0 radical (unpaired) electrons. The van der Waals surface area contributed by atoms with Gasteiger partial charge in [0.2, 0.25) is 17.8 Å². The third-order valence-electron chi connectivity index (χ3n) is 5.36. The molecule has 0 aliphatic carbocycles. The van der Waals surface area contributed by atoms with E-state index in [2.05, 4.69) is 20.8 Å². The van der Waals surface area contributed by atoms with Gasteiger partial charge in [-0.15, -0.1) is 10.2 Å². The molecule has 0 spiro atoms. The van der Waals surface area contributed by atoms with Crippen LogP contribution in [0.25, 0.3) is 10.6 Å². The number of likely N-dealkylation sites (tertiary alicyclic amines) is 1. The van der Waals surface area contributed by atoms with Crippen molar-refractivity contribution >= 4 is 34.1 Å². The van der Waals surface area contributed by atoms with E-state index in [1.807, 2.05) is 49.4 Å². The molecule has 0 bridgehead atoms. The van der Waals surface area contributed by atoms with Crippen LogP contribution >= 0.6 is 11.3 Å². The number of urea groups is 1. The Morgan fingerprint density at radius 1 is 1.09 bits per heavy atom. The summed E-state index contributed by atoms with van der Waals surface area (Å²) in [5.74, 6) is 1.08. The van der Waals surface area contributed by atoms with Crippen LogP contribution in [0.2, 0.25) is 0 Å². The first kappa shape index (κ1) is 20.3. The molecule has 2 N–H and O–H groups in total. The number of rotatable bonds is 4. The number of ether oxygens (including phenoxy) is 2. The van der Waals surface area contributed by atoms with Crippen LogP contribution in [0.1, 0.15) is 18.4 Å². The van der Waals surface area contributed by atoms with Gasteiger partial charge in [0.05, 0.1) is 0 Å². The fourth-order valence-corrected chi connectivity index (χ4v) is 4.55. The van der Waals surface area contributed by atoms with Crippen LogP contribution in [0, 0.1) is 6.92 Å². The Morgan fingerprint density at radius 3 is 2.84 bits per heavy atom. The Bertz CT molecular complexity index is 1180. The fourth-order valence-electron chi connectivity index (χ4n) is 3.81. The molecule has 9 nitrogen and oxygen atoms in total. The first-order chi connectivity index (χ1) is 15.6. The second kappa shape index (κ2) is 8.46. The van der Waals surface area contributed by atoms with Gasteiger partial charge in [0, 0.05) is 17.8 Å². The molecular weight excluding hydrogens is 430 g/mol. The summed E-state index contributed by atoms with van der Waals surface area (Å²) in [6, 6.07) is 12.2. The summed E-state index contributed by atoms with van der Waals surface area (Å²) in [6.45, 7) is 2.68. The van der Waals surface area contributed by atoms with Crippen molar-refractivity contribution in [1.29, 1.82) is 0 Å². The molecule has 1 aromatic heterocycles. The number of nitrogens with one attached hydrogen (secondary N) is 2. The quantitative estimate of drug-likeness (QED) is 0.624. The van der Waals surface area contributed by atoms with Crippen molar-refractivity contribution in [2.45, 2.75) is 25.8 Å². The van der Waals surface area contributed by atoms with Crippen LogP contribution in [0.15, 0.2) is 42.5 Å². The molecule has 1 saturated heterocycles. The molecule has 3 amide bonds. The number of fused-ring (bicyclic) bond motifs is 1. The monoisotopic (exact) mass is 451 g/mol. The van der Waals surface area contributed by atoms with E-state index in [9.17, 15) is 9.59 Å². The number of anilines is 2. The van der Waals surface area contributed by atoms with Crippen molar-refractivity contribution in [2.75, 3.05) is 24.0 Å². The molecule has 1 unspecified atom stereocenters. The van der Waals surface area contributed by atoms with Crippen LogP contribution in [0.4, 0.5) is 15.6 Å². The summed E-state index contributed by atoms with van der Waals surface area (Å²) in [7, 11) is 0. The van der Waals surface area contributed by atoms with Gasteiger partial charge in [-0.2, -0.15) is 0 Å². The highest BCUT2D eigenvalue weighted by molar-refractivity contribution is 7.18. The molecule has 2 aromatic carbocycles. The molecule has 10 heteroatoms. The zero-order valence-electron chi connectivity index (χ0n) is 17.3. The van der Waals surface area contributed by atoms with E-state index in [0.717, 1.165) is 17.5 Å². The third-order valence-corrected chi connectivity index (χ3v) is 6.25. The molecule has 0 saturated carbocycles. The van der Waals surface area contributed by atoms with Crippen LogP contribution in [-0.2, 0) is 4.79 Å². The lowest BCUT2D eigenvalue weighted by molar-refractivity contribution is -0.119. The molecule has 1 atom stereocenters. The van der Waals surface area contributed by atoms with Crippen molar-refractivity contribution in [2.24, 2.45) is 0 Å². The zero-order valence-corrected chi connectivity index (χ0v) is 18.1. The van der Waals surface area contributed by atoms with E-state index >= 15 is 0 Å². The number of nitrogens with zero attached hydrogens (tertiary/aromatic N) is 3. The number of carbonyl (C=O) groups is 2. The topological polar surface area (TPSA) is 106 Å². The molecule has 164 valence electrons. The van der Waals surface area contributed by atoms with E-state index in [1.165, 1.54) is 11.3 Å². The van der Waals surface area contributed by atoms with Crippen molar-refractivity contribution in [3.05, 3.63) is 48.0 Å². The number of aromatic nitrogens is 2. The minimum atomic E-state index is -0.558. The Hall–Kier alpha value is -3.66. The molecule has 2 aliphatic rings. The third kappa shape index (κ3) is 4.09. The normalized spacial score (nSPS) is 16.8. The maximum absolute atomic E-state index is 12.9. The molecular formula is C22H21N5O4S. The van der Waals surface area contributed by atoms with E-state index in [4.69, 9.17) is 9.47 Å². The Balaban J connectivity index is 1.25. The van der Waals surface area contributed by atoms with Crippen LogP contribution in [-0.4, -0.2) is 46.4 Å². The maximum Gasteiger partial charge on any atom is 0.322 e. The van der Waals surface area contributed by atoms with Crippen molar-refractivity contribution in [1.82, 2.24) is 15.1 Å². The maximum atomic E-state index is 12.9. The lowest BCUT2D eigenvalue weighted by Crippen LogP contribution is -2.45. The van der Waals surface area contributed by atoms with Crippen molar-refractivity contribution < 1.29 is 19.1 Å². The number of hydrogen-bond acceptors (Lipinski definition) is 7. The predicted octanol–water partition coefficient (Wildman–Crippen LogP) is 3.88. The van der Waals surface area contributed by atoms with Gasteiger partial charge in [-0.3, -0.25) is 10.1 Å². The van der Waals surface area contributed by atoms with E-state index in [0.29, 0.717) is 40.3 Å². The highest BCUT2D eigenvalue weighted by Crippen LogP contribution is 2.37. The summed E-state index contributed by atoms with van der Waals surface area (Å²) >= 11 is 1.26. The Kier molecular flexibility index (Phi) is 5.36. The second-order valence-corrected chi connectivity index (χ2v) is 8.60. The molecule has 5 rings (SSSR count). The number of aryl methyl sites for hydroxylation is 1. The highest BCUT2D eigenvalue weighted by Gasteiger charge is 2.34. The first-order valence-electron chi connectivity index (χ1n) is 10.3. The molecule has 2 aliphatic heterocycles. The second-order valence-electron chi connectivity index (χ2n) is 7.62. The minimum absolute atomic E-state index is 0.200. The van der Waals surface area contributed by atoms with Gasteiger partial charge in [0.25, 0.3) is 0 Å². The van der Waals surface area contributed by atoms with Crippen molar-refractivity contribution in [3.8, 4) is 22.1 Å². The van der Waals surface area contributed by atoms with E-state index in [-0.39, 0.29) is 18.7 Å². The van der Waals surface area contributed by atoms with Crippen LogP contribution < -0.4 is 20.1 Å². The summed E-state index contributed by atoms with van der Waals surface area (Å²) in [4.78, 5) is 27.2. The molecule has 32 heavy (non-hydrogen) atoms. The summed E-state index contributed by atoms with van der Waals surface area (Å²) in [5.41, 5.74) is 2.58. The lowest BCUT2D eigenvalue weighted by Gasteiger charge is -2.23. The summed E-state index contributed by atoms with van der Waals surface area (Å²) < 4.78 is 10.7. The van der Waals surface area contributed by atoms with Gasteiger partial charge in [0.1, 0.15) is 11.0 Å². The van der Waals surface area contributed by atoms with Crippen molar-refractivity contribution in [3.63, 3.8) is 0 Å². The average Bonchev–Trinajstić information content (AvgIpc) is 3.53. The lowest BCUT2D eigenvalue weighted by atomic mass is 10.2. The minimum Gasteiger partial charge on any atom is -0.454 e. The largest absolute Gasteiger partial charge is 0.454 e. The fraction of sp³-hybridized carbons (Fsp3) is 0.273. The molecule has 3 aromatic rings. The number of carbonyl (C=O) groups excluding carboxylic acids is 2. The molecule has 1 fully saturated rings.